The molecular weight excluding hydrogens is 285 g/mol. The topological polar surface area (TPSA) is 62.3 Å². The summed E-state index contributed by atoms with van der Waals surface area (Å²) >= 11 is 0. The molecule has 114 valence electrons. The minimum atomic E-state index is -0.608. The van der Waals surface area contributed by atoms with E-state index < -0.39 is 11.7 Å². The molecule has 1 N–H and O–H groups in total. The molecule has 0 spiro atoms. The molecule has 0 fully saturated rings. The normalized spacial score (nSPS) is 10.2. The molecule has 1 heterocycles. The van der Waals surface area contributed by atoms with E-state index in [4.69, 9.17) is 0 Å². The number of halogens is 1. The fourth-order valence-corrected chi connectivity index (χ4v) is 1.86. The van der Waals surface area contributed by atoms with E-state index in [-0.39, 0.29) is 23.0 Å². The maximum absolute atomic E-state index is 13.9. The van der Waals surface area contributed by atoms with Gasteiger partial charge in [0.15, 0.2) is 0 Å². The lowest BCUT2D eigenvalue weighted by Gasteiger charge is -2.11. The molecule has 0 bridgehead atoms. The first-order valence-corrected chi connectivity index (χ1v) is 6.65. The number of nitrogens with one attached hydrogen (secondary N) is 1. The van der Waals surface area contributed by atoms with Gasteiger partial charge in [-0.2, -0.15) is 0 Å². The van der Waals surface area contributed by atoms with E-state index in [1.165, 1.54) is 17.0 Å². The fraction of sp³-hybridized carbons (Fsp3) is 0.188. The summed E-state index contributed by atoms with van der Waals surface area (Å²) in [6.45, 7) is 1.58. The van der Waals surface area contributed by atoms with Crippen LogP contribution in [0.25, 0.3) is 0 Å². The molecule has 5 nitrogen and oxygen atoms in total. The van der Waals surface area contributed by atoms with Crippen LogP contribution in [0.1, 0.15) is 26.4 Å². The zero-order valence-electron chi connectivity index (χ0n) is 12.6. The molecule has 2 amide bonds. The molecular formula is C16H16FN3O2. The Balaban J connectivity index is 2.24. The van der Waals surface area contributed by atoms with Gasteiger partial charge in [0, 0.05) is 14.1 Å². The second kappa shape index (κ2) is 6.34. The first-order chi connectivity index (χ1) is 10.4. The van der Waals surface area contributed by atoms with Crippen molar-refractivity contribution in [2.75, 3.05) is 19.4 Å². The summed E-state index contributed by atoms with van der Waals surface area (Å²) in [6, 6.07) is 9.27. The first kappa shape index (κ1) is 15.6. The van der Waals surface area contributed by atoms with Crippen molar-refractivity contribution in [2.24, 2.45) is 0 Å². The van der Waals surface area contributed by atoms with E-state index >= 15 is 0 Å². The predicted octanol–water partition coefficient (Wildman–Crippen LogP) is 2.48. The Labute approximate surface area is 127 Å². The van der Waals surface area contributed by atoms with Gasteiger partial charge in [-0.15, -0.1) is 0 Å². The monoisotopic (exact) mass is 301 g/mol. The highest BCUT2D eigenvalue weighted by atomic mass is 19.1. The molecule has 0 aliphatic heterocycles. The van der Waals surface area contributed by atoms with Gasteiger partial charge >= 0.3 is 0 Å². The highest BCUT2D eigenvalue weighted by Crippen LogP contribution is 2.14. The van der Waals surface area contributed by atoms with Gasteiger partial charge in [-0.3, -0.25) is 9.59 Å². The average molecular weight is 301 g/mol. The van der Waals surface area contributed by atoms with Crippen molar-refractivity contribution >= 4 is 17.6 Å². The number of carbonyl (C=O) groups excluding carboxylic acids is 2. The van der Waals surface area contributed by atoms with Crippen LogP contribution in [0.4, 0.5) is 10.2 Å². The van der Waals surface area contributed by atoms with E-state index in [1.54, 1.807) is 45.3 Å². The molecule has 0 aliphatic carbocycles. The number of amides is 2. The minimum Gasteiger partial charge on any atom is -0.343 e. The predicted molar refractivity (Wildman–Crippen MR) is 81.3 cm³/mol. The summed E-state index contributed by atoms with van der Waals surface area (Å²) in [4.78, 5) is 29.4. The minimum absolute atomic E-state index is 0.0638. The quantitative estimate of drug-likeness (QED) is 0.947. The number of pyridine rings is 1. The third-order valence-corrected chi connectivity index (χ3v) is 3.05. The highest BCUT2D eigenvalue weighted by molar-refractivity contribution is 6.04. The Morgan fingerprint density at radius 3 is 2.50 bits per heavy atom. The molecule has 1 aromatic carbocycles. The fourth-order valence-electron chi connectivity index (χ4n) is 1.86. The third kappa shape index (κ3) is 3.28. The van der Waals surface area contributed by atoms with Gasteiger partial charge < -0.3 is 10.2 Å². The summed E-state index contributed by atoms with van der Waals surface area (Å²) < 4.78 is 13.9. The number of carbonyl (C=O) groups is 2. The molecule has 0 atom stereocenters. The van der Waals surface area contributed by atoms with Crippen LogP contribution in [-0.2, 0) is 0 Å². The Hall–Kier alpha value is -2.76. The SMILES string of the molecule is Cc1cccc(C(=O)Nc2cccc(C(=O)N(C)C)n2)c1F. The Kier molecular flexibility index (Phi) is 4.50. The van der Waals surface area contributed by atoms with Gasteiger partial charge in [0.25, 0.3) is 11.8 Å². The largest absolute Gasteiger partial charge is 0.343 e. The van der Waals surface area contributed by atoms with Crippen molar-refractivity contribution < 1.29 is 14.0 Å². The number of rotatable bonds is 3. The second-order valence-electron chi connectivity index (χ2n) is 5.00. The smallest absolute Gasteiger partial charge is 0.272 e. The van der Waals surface area contributed by atoms with Crippen molar-refractivity contribution in [3.05, 3.63) is 59.0 Å². The lowest BCUT2D eigenvalue weighted by atomic mass is 10.1. The number of benzene rings is 1. The van der Waals surface area contributed by atoms with E-state index in [0.29, 0.717) is 5.56 Å². The zero-order chi connectivity index (χ0) is 16.3. The molecule has 0 saturated heterocycles. The second-order valence-corrected chi connectivity index (χ2v) is 5.00. The van der Waals surface area contributed by atoms with Gasteiger partial charge in [-0.05, 0) is 30.7 Å². The van der Waals surface area contributed by atoms with Crippen molar-refractivity contribution in [1.82, 2.24) is 9.88 Å². The summed E-state index contributed by atoms with van der Waals surface area (Å²) in [5.74, 6) is -1.26. The first-order valence-electron chi connectivity index (χ1n) is 6.65. The summed E-state index contributed by atoms with van der Waals surface area (Å²) in [5.41, 5.74) is 0.524. The van der Waals surface area contributed by atoms with Gasteiger partial charge in [-0.1, -0.05) is 18.2 Å². The number of hydrogen-bond acceptors (Lipinski definition) is 3. The maximum Gasteiger partial charge on any atom is 0.272 e. The molecule has 0 radical (unpaired) electrons. The van der Waals surface area contributed by atoms with Crippen LogP contribution in [-0.4, -0.2) is 35.8 Å². The number of hydrogen-bond donors (Lipinski definition) is 1. The standard InChI is InChI=1S/C16H16FN3O2/c1-10-6-4-7-11(14(10)17)15(21)19-13-9-5-8-12(18-13)16(22)20(2)3/h4-9H,1-3H3,(H,18,19,21). The lowest BCUT2D eigenvalue weighted by molar-refractivity contribution is 0.0821. The van der Waals surface area contributed by atoms with Crippen LogP contribution < -0.4 is 5.32 Å². The van der Waals surface area contributed by atoms with E-state index in [0.717, 1.165) is 0 Å². The molecule has 2 rings (SSSR count). The number of aryl methyl sites for hydroxylation is 1. The van der Waals surface area contributed by atoms with E-state index in [2.05, 4.69) is 10.3 Å². The molecule has 1 aromatic heterocycles. The Morgan fingerprint density at radius 2 is 1.82 bits per heavy atom. The van der Waals surface area contributed by atoms with Gasteiger partial charge in [0.1, 0.15) is 17.3 Å². The molecule has 0 unspecified atom stereocenters. The number of nitrogens with zero attached hydrogens (tertiary/aromatic N) is 2. The molecule has 2 aromatic rings. The lowest BCUT2D eigenvalue weighted by Crippen LogP contribution is -2.23. The van der Waals surface area contributed by atoms with E-state index in [1.807, 2.05) is 0 Å². The summed E-state index contributed by atoms with van der Waals surface area (Å²) in [5, 5.41) is 2.50. The number of anilines is 1. The molecule has 6 heteroatoms. The summed E-state index contributed by atoms with van der Waals surface area (Å²) in [7, 11) is 3.22. The van der Waals surface area contributed by atoms with Gasteiger partial charge in [0.2, 0.25) is 0 Å². The van der Waals surface area contributed by atoms with Gasteiger partial charge in [-0.25, -0.2) is 9.37 Å². The van der Waals surface area contributed by atoms with Crippen molar-refractivity contribution in [3.63, 3.8) is 0 Å². The molecule has 0 saturated carbocycles. The third-order valence-electron chi connectivity index (χ3n) is 3.05. The van der Waals surface area contributed by atoms with Crippen LogP contribution >= 0.6 is 0 Å². The van der Waals surface area contributed by atoms with Crippen LogP contribution in [0, 0.1) is 12.7 Å². The highest BCUT2D eigenvalue weighted by Gasteiger charge is 2.15. The van der Waals surface area contributed by atoms with Crippen LogP contribution in [0.2, 0.25) is 0 Å². The van der Waals surface area contributed by atoms with Crippen LogP contribution in [0.5, 0.6) is 0 Å². The Bertz CT molecular complexity index is 729. The average Bonchev–Trinajstić information content (AvgIpc) is 2.49. The Morgan fingerprint density at radius 1 is 1.14 bits per heavy atom. The molecule has 0 aliphatic rings. The van der Waals surface area contributed by atoms with Crippen LogP contribution in [0.15, 0.2) is 36.4 Å². The van der Waals surface area contributed by atoms with Crippen molar-refractivity contribution in [1.29, 1.82) is 0 Å². The zero-order valence-corrected chi connectivity index (χ0v) is 12.6. The van der Waals surface area contributed by atoms with Crippen LogP contribution in [0.3, 0.4) is 0 Å². The van der Waals surface area contributed by atoms with E-state index in [9.17, 15) is 14.0 Å². The summed E-state index contributed by atoms with van der Waals surface area (Å²) in [6.07, 6.45) is 0. The molecule has 22 heavy (non-hydrogen) atoms. The van der Waals surface area contributed by atoms with Crippen molar-refractivity contribution in [3.8, 4) is 0 Å². The van der Waals surface area contributed by atoms with Crippen molar-refractivity contribution in [2.45, 2.75) is 6.92 Å². The van der Waals surface area contributed by atoms with Gasteiger partial charge in [0.05, 0.1) is 5.56 Å². The number of aromatic nitrogens is 1. The maximum atomic E-state index is 13.9.